The SMILES string of the molecule is COC(=O)c1ccc(Nc2nc(NCCc3cccs3)c3ccccc3n2)cc1. The first-order chi connectivity index (χ1) is 14.2. The van der Waals surface area contributed by atoms with Crippen molar-refractivity contribution in [2.45, 2.75) is 6.42 Å². The van der Waals surface area contributed by atoms with Crippen LogP contribution in [0.2, 0.25) is 0 Å². The van der Waals surface area contributed by atoms with Gasteiger partial charge in [-0.25, -0.2) is 9.78 Å². The second-order valence-corrected chi connectivity index (χ2v) is 7.40. The van der Waals surface area contributed by atoms with Gasteiger partial charge in [-0.1, -0.05) is 18.2 Å². The van der Waals surface area contributed by atoms with Gasteiger partial charge >= 0.3 is 5.97 Å². The minimum absolute atomic E-state index is 0.365. The average Bonchev–Trinajstić information content (AvgIpc) is 3.27. The number of anilines is 3. The lowest BCUT2D eigenvalue weighted by Crippen LogP contribution is -2.08. The summed E-state index contributed by atoms with van der Waals surface area (Å²) in [5.41, 5.74) is 2.14. The molecule has 2 heterocycles. The fraction of sp³-hybridized carbons (Fsp3) is 0.136. The molecule has 6 nitrogen and oxygen atoms in total. The summed E-state index contributed by atoms with van der Waals surface area (Å²) >= 11 is 1.75. The van der Waals surface area contributed by atoms with Crippen LogP contribution < -0.4 is 10.6 Å². The highest BCUT2D eigenvalue weighted by atomic mass is 32.1. The summed E-state index contributed by atoms with van der Waals surface area (Å²) in [6, 6.07) is 19.1. The van der Waals surface area contributed by atoms with Crippen LogP contribution in [0, 0.1) is 0 Å². The molecule has 0 bridgehead atoms. The van der Waals surface area contributed by atoms with Gasteiger partial charge in [0.05, 0.1) is 18.2 Å². The van der Waals surface area contributed by atoms with Crippen LogP contribution in [-0.4, -0.2) is 29.6 Å². The first kappa shape index (κ1) is 18.9. The molecular formula is C22H20N4O2S. The number of carbonyl (C=O) groups is 1. The topological polar surface area (TPSA) is 76.1 Å². The van der Waals surface area contributed by atoms with Gasteiger partial charge in [-0.15, -0.1) is 11.3 Å². The molecule has 29 heavy (non-hydrogen) atoms. The number of nitrogens with one attached hydrogen (secondary N) is 2. The fourth-order valence-electron chi connectivity index (χ4n) is 2.96. The van der Waals surface area contributed by atoms with Gasteiger partial charge in [-0.05, 0) is 54.3 Å². The molecule has 4 aromatic rings. The van der Waals surface area contributed by atoms with Crippen molar-refractivity contribution in [1.29, 1.82) is 0 Å². The maximum absolute atomic E-state index is 11.6. The largest absolute Gasteiger partial charge is 0.465 e. The van der Waals surface area contributed by atoms with Gasteiger partial charge in [-0.3, -0.25) is 0 Å². The number of aromatic nitrogens is 2. The smallest absolute Gasteiger partial charge is 0.337 e. The number of thiophene rings is 1. The number of nitrogens with zero attached hydrogens (tertiary/aromatic N) is 2. The third-order valence-corrected chi connectivity index (χ3v) is 5.35. The maximum Gasteiger partial charge on any atom is 0.337 e. The van der Waals surface area contributed by atoms with Gasteiger partial charge in [0.2, 0.25) is 5.95 Å². The van der Waals surface area contributed by atoms with Gasteiger partial charge < -0.3 is 15.4 Å². The summed E-state index contributed by atoms with van der Waals surface area (Å²) in [5.74, 6) is 0.921. The molecule has 0 amide bonds. The zero-order valence-corrected chi connectivity index (χ0v) is 16.7. The summed E-state index contributed by atoms with van der Waals surface area (Å²) in [4.78, 5) is 22.2. The van der Waals surface area contributed by atoms with E-state index in [0.717, 1.165) is 35.4 Å². The number of methoxy groups -OCH3 is 1. The Morgan fingerprint density at radius 1 is 1.03 bits per heavy atom. The monoisotopic (exact) mass is 404 g/mol. The minimum Gasteiger partial charge on any atom is -0.465 e. The van der Waals surface area contributed by atoms with Crippen LogP contribution in [0.25, 0.3) is 10.9 Å². The maximum atomic E-state index is 11.6. The van der Waals surface area contributed by atoms with Crippen LogP contribution in [0.4, 0.5) is 17.5 Å². The highest BCUT2D eigenvalue weighted by Crippen LogP contribution is 2.24. The van der Waals surface area contributed by atoms with Crippen LogP contribution in [-0.2, 0) is 11.2 Å². The van der Waals surface area contributed by atoms with Crippen LogP contribution in [0.15, 0.2) is 66.0 Å². The van der Waals surface area contributed by atoms with Crippen molar-refractivity contribution in [1.82, 2.24) is 9.97 Å². The second-order valence-electron chi connectivity index (χ2n) is 6.36. The van der Waals surface area contributed by atoms with E-state index in [4.69, 9.17) is 4.74 Å². The molecule has 7 heteroatoms. The molecule has 0 saturated carbocycles. The Morgan fingerprint density at radius 2 is 1.86 bits per heavy atom. The summed E-state index contributed by atoms with van der Waals surface area (Å²) in [7, 11) is 1.37. The van der Waals surface area contributed by atoms with Gasteiger partial charge in [0.15, 0.2) is 0 Å². The fourth-order valence-corrected chi connectivity index (χ4v) is 3.67. The van der Waals surface area contributed by atoms with Crippen LogP contribution in [0.5, 0.6) is 0 Å². The Kier molecular flexibility index (Phi) is 5.67. The number of para-hydroxylation sites is 1. The van der Waals surface area contributed by atoms with Crippen molar-refractivity contribution in [3.63, 3.8) is 0 Å². The van der Waals surface area contributed by atoms with Crippen molar-refractivity contribution < 1.29 is 9.53 Å². The minimum atomic E-state index is -0.365. The van der Waals surface area contributed by atoms with Crippen molar-refractivity contribution in [2.24, 2.45) is 0 Å². The molecule has 0 spiro atoms. The number of carbonyl (C=O) groups excluding carboxylic acids is 1. The van der Waals surface area contributed by atoms with Crippen LogP contribution in [0.1, 0.15) is 15.2 Å². The first-order valence-corrected chi connectivity index (χ1v) is 10.1. The number of rotatable bonds is 7. The normalized spacial score (nSPS) is 10.7. The van der Waals surface area contributed by atoms with E-state index in [-0.39, 0.29) is 5.97 Å². The summed E-state index contributed by atoms with van der Waals surface area (Å²) in [6.45, 7) is 0.786. The van der Waals surface area contributed by atoms with Gasteiger partial charge in [-0.2, -0.15) is 4.98 Å². The predicted octanol–water partition coefficient (Wildman–Crippen LogP) is 4.88. The molecule has 0 radical (unpaired) electrons. The van der Waals surface area contributed by atoms with Crippen LogP contribution in [0.3, 0.4) is 0 Å². The summed E-state index contributed by atoms with van der Waals surface area (Å²) < 4.78 is 4.73. The number of hydrogen-bond acceptors (Lipinski definition) is 7. The number of fused-ring (bicyclic) bond motifs is 1. The molecule has 2 aromatic heterocycles. The Hall–Kier alpha value is -3.45. The molecule has 0 aliphatic rings. The Bertz CT molecular complexity index is 1110. The number of benzene rings is 2. The molecule has 0 atom stereocenters. The van der Waals surface area contributed by atoms with E-state index in [9.17, 15) is 4.79 Å². The second kappa shape index (κ2) is 8.70. The van der Waals surface area contributed by atoms with E-state index in [2.05, 4.69) is 38.1 Å². The zero-order chi connectivity index (χ0) is 20.1. The van der Waals surface area contributed by atoms with E-state index >= 15 is 0 Å². The molecule has 0 aliphatic heterocycles. The lowest BCUT2D eigenvalue weighted by Gasteiger charge is -2.12. The van der Waals surface area contributed by atoms with E-state index < -0.39 is 0 Å². The van der Waals surface area contributed by atoms with E-state index in [1.807, 2.05) is 24.3 Å². The van der Waals surface area contributed by atoms with Gasteiger partial charge in [0.25, 0.3) is 0 Å². The quantitative estimate of drug-likeness (QED) is 0.428. The lowest BCUT2D eigenvalue weighted by atomic mass is 10.2. The third kappa shape index (κ3) is 4.52. The zero-order valence-electron chi connectivity index (χ0n) is 15.9. The molecule has 0 fully saturated rings. The molecule has 0 saturated heterocycles. The van der Waals surface area contributed by atoms with Gasteiger partial charge in [0, 0.05) is 22.5 Å². The van der Waals surface area contributed by atoms with E-state index in [0.29, 0.717) is 11.5 Å². The molecule has 0 aliphatic carbocycles. The van der Waals surface area contributed by atoms with E-state index in [1.54, 1.807) is 35.6 Å². The average molecular weight is 404 g/mol. The van der Waals surface area contributed by atoms with Crippen molar-refractivity contribution >= 4 is 45.7 Å². The summed E-state index contributed by atoms with van der Waals surface area (Å²) in [5, 5.41) is 9.71. The number of esters is 1. The standard InChI is InChI=1S/C22H20N4O2S/c1-28-21(27)15-8-10-16(11-9-15)24-22-25-19-7-3-2-6-18(19)20(26-22)23-13-12-17-5-4-14-29-17/h2-11,14H,12-13H2,1H3,(H2,23,24,25,26). The Labute approximate surface area is 172 Å². The Morgan fingerprint density at radius 3 is 2.62 bits per heavy atom. The molecule has 0 unspecified atom stereocenters. The first-order valence-electron chi connectivity index (χ1n) is 9.21. The Balaban J connectivity index is 1.55. The molecule has 146 valence electrons. The molecule has 2 N–H and O–H groups in total. The third-order valence-electron chi connectivity index (χ3n) is 4.41. The highest BCUT2D eigenvalue weighted by Gasteiger charge is 2.09. The highest BCUT2D eigenvalue weighted by molar-refractivity contribution is 7.09. The van der Waals surface area contributed by atoms with Gasteiger partial charge in [0.1, 0.15) is 5.82 Å². The molecule has 4 rings (SSSR count). The number of hydrogen-bond donors (Lipinski definition) is 2. The molecular weight excluding hydrogens is 384 g/mol. The lowest BCUT2D eigenvalue weighted by molar-refractivity contribution is 0.0601. The summed E-state index contributed by atoms with van der Waals surface area (Å²) in [6.07, 6.45) is 0.938. The van der Waals surface area contributed by atoms with Crippen molar-refractivity contribution in [2.75, 3.05) is 24.3 Å². The van der Waals surface area contributed by atoms with E-state index in [1.165, 1.54) is 12.0 Å². The van der Waals surface area contributed by atoms with Crippen molar-refractivity contribution in [3.05, 3.63) is 76.5 Å². The van der Waals surface area contributed by atoms with Crippen molar-refractivity contribution in [3.8, 4) is 0 Å². The predicted molar refractivity (Wildman–Crippen MR) is 117 cm³/mol. The number of ether oxygens (including phenoxy) is 1. The molecule has 2 aromatic carbocycles. The van der Waals surface area contributed by atoms with Crippen LogP contribution >= 0.6 is 11.3 Å².